The molecule has 2 rings (SSSR count). The summed E-state index contributed by atoms with van der Waals surface area (Å²) >= 11 is 6.96. The molecular weight excluding hydrogens is 266 g/mol. The van der Waals surface area contributed by atoms with Crippen molar-refractivity contribution in [2.24, 2.45) is 0 Å². The Morgan fingerprint density at radius 1 is 1.24 bits per heavy atom. The molecular formula is C12H9ClF2OS. The van der Waals surface area contributed by atoms with Crippen LogP contribution in [-0.2, 0) is 6.42 Å². The van der Waals surface area contributed by atoms with E-state index in [-0.39, 0.29) is 12.0 Å². The number of aliphatic hydroxyl groups is 1. The standard InChI is InChI=1S/C12H9ClF2OS/c13-11-5-4-10(17-11)9(16)6-7-2-1-3-8(14)12(7)15/h1-5,9,16H,6H2. The third-order valence-corrected chi connectivity index (χ3v) is 3.70. The first-order valence-electron chi connectivity index (χ1n) is 4.94. The predicted octanol–water partition coefficient (Wildman–Crippen LogP) is 3.96. The summed E-state index contributed by atoms with van der Waals surface area (Å²) in [4.78, 5) is 0.638. The summed E-state index contributed by atoms with van der Waals surface area (Å²) in [5.74, 6) is -1.81. The normalized spacial score (nSPS) is 12.7. The number of halogens is 3. The van der Waals surface area contributed by atoms with Crippen molar-refractivity contribution in [1.82, 2.24) is 0 Å². The third kappa shape index (κ3) is 2.83. The van der Waals surface area contributed by atoms with E-state index in [1.54, 1.807) is 12.1 Å². The second-order valence-corrected chi connectivity index (χ2v) is 5.32. The van der Waals surface area contributed by atoms with E-state index in [0.717, 1.165) is 6.07 Å². The first kappa shape index (κ1) is 12.5. The summed E-state index contributed by atoms with van der Waals surface area (Å²) in [6, 6.07) is 7.26. The van der Waals surface area contributed by atoms with E-state index in [1.807, 2.05) is 0 Å². The minimum absolute atomic E-state index is 0.0282. The minimum atomic E-state index is -0.908. The topological polar surface area (TPSA) is 20.2 Å². The Balaban J connectivity index is 2.18. The maximum absolute atomic E-state index is 13.4. The highest BCUT2D eigenvalue weighted by Gasteiger charge is 2.15. The average molecular weight is 275 g/mol. The molecule has 0 aliphatic rings. The lowest BCUT2D eigenvalue weighted by atomic mass is 10.1. The fourth-order valence-corrected chi connectivity index (χ4v) is 2.57. The lowest BCUT2D eigenvalue weighted by Crippen LogP contribution is -2.03. The Morgan fingerprint density at radius 3 is 2.65 bits per heavy atom. The highest BCUT2D eigenvalue weighted by atomic mass is 35.5. The molecule has 1 aromatic carbocycles. The smallest absolute Gasteiger partial charge is 0.162 e. The van der Waals surface area contributed by atoms with Gasteiger partial charge in [-0.15, -0.1) is 11.3 Å². The molecule has 1 nitrogen and oxygen atoms in total. The van der Waals surface area contributed by atoms with Crippen LogP contribution in [0.2, 0.25) is 4.34 Å². The quantitative estimate of drug-likeness (QED) is 0.898. The first-order valence-corrected chi connectivity index (χ1v) is 6.13. The molecule has 0 amide bonds. The summed E-state index contributed by atoms with van der Waals surface area (Å²) in [5.41, 5.74) is 0.155. The number of benzene rings is 1. The van der Waals surface area contributed by atoms with Crippen LogP contribution in [0.25, 0.3) is 0 Å². The molecule has 2 aromatic rings. The molecule has 0 aliphatic carbocycles. The van der Waals surface area contributed by atoms with E-state index < -0.39 is 17.7 Å². The molecule has 0 fully saturated rings. The van der Waals surface area contributed by atoms with Crippen molar-refractivity contribution in [3.05, 3.63) is 56.7 Å². The number of thiophene rings is 1. The van der Waals surface area contributed by atoms with Crippen molar-refractivity contribution < 1.29 is 13.9 Å². The molecule has 0 saturated carbocycles. The minimum Gasteiger partial charge on any atom is -0.387 e. The van der Waals surface area contributed by atoms with Gasteiger partial charge in [0, 0.05) is 11.3 Å². The van der Waals surface area contributed by atoms with Crippen molar-refractivity contribution in [3.63, 3.8) is 0 Å². The largest absolute Gasteiger partial charge is 0.387 e. The molecule has 0 spiro atoms. The number of aliphatic hydroxyl groups excluding tert-OH is 1. The van der Waals surface area contributed by atoms with Crippen LogP contribution in [0.4, 0.5) is 8.78 Å². The van der Waals surface area contributed by atoms with Crippen LogP contribution in [0.5, 0.6) is 0 Å². The molecule has 5 heteroatoms. The van der Waals surface area contributed by atoms with Gasteiger partial charge in [0.2, 0.25) is 0 Å². The lowest BCUT2D eigenvalue weighted by Gasteiger charge is -2.09. The van der Waals surface area contributed by atoms with Gasteiger partial charge in [0.05, 0.1) is 10.4 Å². The van der Waals surface area contributed by atoms with Gasteiger partial charge in [-0.2, -0.15) is 0 Å². The molecule has 1 unspecified atom stereocenters. The van der Waals surface area contributed by atoms with Gasteiger partial charge < -0.3 is 5.11 Å². The maximum atomic E-state index is 13.4. The molecule has 0 radical (unpaired) electrons. The van der Waals surface area contributed by atoms with Crippen molar-refractivity contribution >= 4 is 22.9 Å². The van der Waals surface area contributed by atoms with Gasteiger partial charge in [0.25, 0.3) is 0 Å². The fourth-order valence-electron chi connectivity index (χ4n) is 1.52. The van der Waals surface area contributed by atoms with Crippen LogP contribution in [0.15, 0.2) is 30.3 Å². The summed E-state index contributed by atoms with van der Waals surface area (Å²) < 4.78 is 26.9. The molecule has 1 heterocycles. The highest BCUT2D eigenvalue weighted by molar-refractivity contribution is 7.16. The number of hydrogen-bond acceptors (Lipinski definition) is 2. The van der Waals surface area contributed by atoms with E-state index in [4.69, 9.17) is 11.6 Å². The van der Waals surface area contributed by atoms with Crippen LogP contribution < -0.4 is 0 Å². The van der Waals surface area contributed by atoms with E-state index in [0.29, 0.717) is 9.21 Å². The zero-order valence-electron chi connectivity index (χ0n) is 8.66. The zero-order chi connectivity index (χ0) is 12.4. The molecule has 1 aromatic heterocycles. The molecule has 90 valence electrons. The van der Waals surface area contributed by atoms with Crippen LogP contribution in [-0.4, -0.2) is 5.11 Å². The Bertz CT molecular complexity index is 527. The Morgan fingerprint density at radius 2 is 2.00 bits per heavy atom. The van der Waals surface area contributed by atoms with Crippen molar-refractivity contribution in [2.75, 3.05) is 0 Å². The second kappa shape index (κ2) is 5.12. The molecule has 0 aliphatic heterocycles. The van der Waals surface area contributed by atoms with Crippen molar-refractivity contribution in [3.8, 4) is 0 Å². The Hall–Kier alpha value is -0.970. The van der Waals surface area contributed by atoms with Crippen LogP contribution in [0.1, 0.15) is 16.5 Å². The molecule has 0 bridgehead atoms. The van der Waals surface area contributed by atoms with Crippen LogP contribution in [0.3, 0.4) is 0 Å². The Kier molecular flexibility index (Phi) is 3.76. The summed E-state index contributed by atoms with van der Waals surface area (Å²) in [7, 11) is 0. The van der Waals surface area contributed by atoms with Gasteiger partial charge in [-0.25, -0.2) is 8.78 Å². The first-order chi connectivity index (χ1) is 8.08. The number of hydrogen-bond donors (Lipinski definition) is 1. The average Bonchev–Trinajstić information content (AvgIpc) is 2.72. The van der Waals surface area contributed by atoms with Gasteiger partial charge in [-0.3, -0.25) is 0 Å². The monoisotopic (exact) mass is 274 g/mol. The maximum Gasteiger partial charge on any atom is 0.162 e. The molecule has 1 N–H and O–H groups in total. The summed E-state index contributed by atoms with van der Waals surface area (Å²) in [5, 5.41) is 9.87. The van der Waals surface area contributed by atoms with Gasteiger partial charge in [0.15, 0.2) is 11.6 Å². The molecule has 1 atom stereocenters. The zero-order valence-corrected chi connectivity index (χ0v) is 10.2. The van der Waals surface area contributed by atoms with Crippen LogP contribution in [0, 0.1) is 11.6 Å². The van der Waals surface area contributed by atoms with Gasteiger partial charge in [-0.1, -0.05) is 23.7 Å². The van der Waals surface area contributed by atoms with Gasteiger partial charge in [-0.05, 0) is 23.8 Å². The fraction of sp³-hybridized carbons (Fsp3) is 0.167. The molecule has 17 heavy (non-hydrogen) atoms. The lowest BCUT2D eigenvalue weighted by molar-refractivity contribution is 0.180. The van der Waals surface area contributed by atoms with Gasteiger partial charge in [0.1, 0.15) is 0 Å². The third-order valence-electron chi connectivity index (χ3n) is 2.37. The summed E-state index contributed by atoms with van der Waals surface area (Å²) in [6.45, 7) is 0. The predicted molar refractivity (Wildman–Crippen MR) is 64.4 cm³/mol. The van der Waals surface area contributed by atoms with Gasteiger partial charge >= 0.3 is 0 Å². The Labute approximate surface area is 106 Å². The van der Waals surface area contributed by atoms with Crippen LogP contribution >= 0.6 is 22.9 Å². The summed E-state index contributed by atoms with van der Waals surface area (Å²) in [6.07, 6.45) is -0.843. The van der Waals surface area contributed by atoms with Crippen molar-refractivity contribution in [1.29, 1.82) is 0 Å². The molecule has 0 saturated heterocycles. The van der Waals surface area contributed by atoms with E-state index in [2.05, 4.69) is 0 Å². The van der Waals surface area contributed by atoms with E-state index in [9.17, 15) is 13.9 Å². The SMILES string of the molecule is OC(Cc1cccc(F)c1F)c1ccc(Cl)s1. The van der Waals surface area contributed by atoms with Crippen molar-refractivity contribution in [2.45, 2.75) is 12.5 Å². The van der Waals surface area contributed by atoms with E-state index in [1.165, 1.54) is 23.5 Å². The number of rotatable bonds is 3. The highest BCUT2D eigenvalue weighted by Crippen LogP contribution is 2.29. The van der Waals surface area contributed by atoms with E-state index >= 15 is 0 Å². The second-order valence-electron chi connectivity index (χ2n) is 3.57.